The van der Waals surface area contributed by atoms with E-state index in [1.807, 2.05) is 41.3 Å². The maximum atomic E-state index is 13.3. The van der Waals surface area contributed by atoms with Gasteiger partial charge in [-0.2, -0.15) is 0 Å². The molecule has 5 rings (SSSR count). The molecular weight excluding hydrogens is 557 g/mol. The molecule has 7 nitrogen and oxygen atoms in total. The van der Waals surface area contributed by atoms with Crippen molar-refractivity contribution in [3.8, 4) is 17.0 Å². The van der Waals surface area contributed by atoms with E-state index in [9.17, 15) is 13.2 Å². The number of hydrogen-bond donors (Lipinski definition) is 0. The number of halogens is 2. The molecule has 1 fully saturated rings. The number of nitrogens with zero attached hydrogens (tertiary/aromatic N) is 3. The van der Waals surface area contributed by atoms with E-state index in [0.29, 0.717) is 59.4 Å². The van der Waals surface area contributed by atoms with Crippen molar-refractivity contribution in [2.45, 2.75) is 12.8 Å². The van der Waals surface area contributed by atoms with E-state index in [4.69, 9.17) is 27.9 Å². The van der Waals surface area contributed by atoms with Crippen molar-refractivity contribution in [3.63, 3.8) is 0 Å². The summed E-state index contributed by atoms with van der Waals surface area (Å²) in [6.45, 7) is 2.60. The third-order valence-corrected chi connectivity index (χ3v) is 8.89. The van der Waals surface area contributed by atoms with Gasteiger partial charge in [0.25, 0.3) is 0 Å². The Balaban J connectivity index is 1.41. The van der Waals surface area contributed by atoms with Gasteiger partial charge in [-0.15, -0.1) is 0 Å². The molecule has 0 radical (unpaired) electrons. The van der Waals surface area contributed by atoms with Crippen LogP contribution in [0.1, 0.15) is 12.0 Å². The van der Waals surface area contributed by atoms with E-state index in [1.165, 1.54) is 10.2 Å². The fourth-order valence-electron chi connectivity index (χ4n) is 5.29. The second-order valence-corrected chi connectivity index (χ2v) is 12.2. The third-order valence-electron chi connectivity index (χ3n) is 7.11. The molecule has 0 bridgehead atoms. The molecule has 0 atom stereocenters. The highest BCUT2D eigenvalue weighted by atomic mass is 35.5. The summed E-state index contributed by atoms with van der Waals surface area (Å²) in [4.78, 5) is 17.4. The predicted octanol–water partition coefficient (Wildman–Crippen LogP) is 5.71. The van der Waals surface area contributed by atoms with Crippen molar-refractivity contribution in [2.24, 2.45) is 0 Å². The largest absolute Gasteiger partial charge is 0.495 e. The molecule has 39 heavy (non-hydrogen) atoms. The van der Waals surface area contributed by atoms with E-state index in [1.54, 1.807) is 37.4 Å². The number of amides is 1. The second-order valence-electron chi connectivity index (χ2n) is 9.54. The number of carbonyl (C=O) groups is 1. The van der Waals surface area contributed by atoms with Gasteiger partial charge in [0.1, 0.15) is 5.75 Å². The molecule has 0 unspecified atom stereocenters. The summed E-state index contributed by atoms with van der Waals surface area (Å²) in [5.41, 5.74) is 3.50. The number of aryl methyl sites for hydroxylation is 1. The average Bonchev–Trinajstić information content (AvgIpc) is 3.28. The van der Waals surface area contributed by atoms with Gasteiger partial charge >= 0.3 is 0 Å². The Labute approximate surface area is 238 Å². The number of methoxy groups -OCH3 is 1. The Morgan fingerprint density at radius 3 is 2.31 bits per heavy atom. The van der Waals surface area contributed by atoms with E-state index in [0.717, 1.165) is 22.4 Å². The summed E-state index contributed by atoms with van der Waals surface area (Å²) in [5, 5.41) is 1.50. The fraction of sp³-hybridized carbons (Fsp3) is 0.276. The molecule has 1 aliphatic rings. The van der Waals surface area contributed by atoms with Gasteiger partial charge in [0.15, 0.2) is 0 Å². The lowest BCUT2D eigenvalue weighted by Gasteiger charge is -2.36. The molecule has 3 aromatic carbocycles. The van der Waals surface area contributed by atoms with Gasteiger partial charge in [0.05, 0.1) is 40.3 Å². The molecule has 10 heteroatoms. The maximum absolute atomic E-state index is 13.3. The van der Waals surface area contributed by atoms with E-state index < -0.39 is 10.0 Å². The molecule has 0 aliphatic carbocycles. The molecule has 0 N–H and O–H groups in total. The zero-order valence-electron chi connectivity index (χ0n) is 21.7. The van der Waals surface area contributed by atoms with Crippen molar-refractivity contribution in [1.29, 1.82) is 0 Å². The topological polar surface area (TPSA) is 71.8 Å². The number of hydrogen-bond acceptors (Lipinski definition) is 5. The number of benzene rings is 3. The van der Waals surface area contributed by atoms with Gasteiger partial charge in [-0.25, -0.2) is 12.4 Å². The third kappa shape index (κ3) is 5.46. The first-order valence-electron chi connectivity index (χ1n) is 12.6. The summed E-state index contributed by atoms with van der Waals surface area (Å²) in [5.74, 6) is 0.848. The van der Waals surface area contributed by atoms with Gasteiger partial charge in [0.2, 0.25) is 15.9 Å². The van der Waals surface area contributed by atoms with E-state index in [2.05, 4.69) is 4.90 Å². The number of fused-ring (bicyclic) bond motifs is 1. The van der Waals surface area contributed by atoms with E-state index in [-0.39, 0.29) is 12.3 Å². The van der Waals surface area contributed by atoms with Crippen LogP contribution in [0.3, 0.4) is 0 Å². The Kier molecular flexibility index (Phi) is 7.80. The SMILES string of the molecule is COc1ccccc1N1CCN(C(=O)CCc2c(-c3ccc(Cl)c(Cl)c3)n(S(C)(=O)=O)c3ccccc23)CC1. The standard InChI is InChI=1S/C29H29Cl2N3O4S/c1-38-27-10-6-5-9-26(27)32-15-17-33(18-16-32)28(35)14-12-22-21-7-3-4-8-25(21)34(39(2,36)37)29(22)20-11-13-23(30)24(31)19-20/h3-11,13,19H,12,14-18H2,1-2H3. The van der Waals surface area contributed by atoms with Crippen LogP contribution in [0.4, 0.5) is 5.69 Å². The second kappa shape index (κ2) is 11.1. The molecule has 204 valence electrons. The lowest BCUT2D eigenvalue weighted by molar-refractivity contribution is -0.131. The minimum atomic E-state index is -3.68. The summed E-state index contributed by atoms with van der Waals surface area (Å²) in [7, 11) is -2.02. The van der Waals surface area contributed by atoms with Crippen LogP contribution in [0.5, 0.6) is 5.75 Å². The van der Waals surface area contributed by atoms with Crippen molar-refractivity contribution in [2.75, 3.05) is 44.4 Å². The highest BCUT2D eigenvalue weighted by molar-refractivity contribution is 7.89. The zero-order chi connectivity index (χ0) is 27.7. The molecule has 1 amide bonds. The van der Waals surface area contributed by atoms with Crippen LogP contribution in [0, 0.1) is 0 Å². The summed E-state index contributed by atoms with van der Waals surface area (Å²) in [6, 6.07) is 20.3. The number of para-hydroxylation sites is 3. The van der Waals surface area contributed by atoms with Gasteiger partial charge in [-0.3, -0.25) is 4.79 Å². The number of carbonyl (C=O) groups excluding carboxylic acids is 1. The quantitative estimate of drug-likeness (QED) is 0.277. The van der Waals surface area contributed by atoms with Gasteiger partial charge < -0.3 is 14.5 Å². The highest BCUT2D eigenvalue weighted by Gasteiger charge is 2.27. The first-order chi connectivity index (χ1) is 18.7. The molecule has 0 spiro atoms. The molecule has 1 saturated heterocycles. The van der Waals surface area contributed by atoms with Gasteiger partial charge in [0, 0.05) is 43.5 Å². The Morgan fingerprint density at radius 2 is 1.62 bits per heavy atom. The van der Waals surface area contributed by atoms with Crippen molar-refractivity contribution < 1.29 is 17.9 Å². The smallest absolute Gasteiger partial charge is 0.236 e. The molecule has 2 heterocycles. The molecule has 4 aromatic rings. The summed E-state index contributed by atoms with van der Waals surface area (Å²) < 4.78 is 32.8. The minimum Gasteiger partial charge on any atom is -0.495 e. The van der Waals surface area contributed by atoms with Crippen LogP contribution < -0.4 is 9.64 Å². The number of anilines is 1. The normalized spacial score (nSPS) is 14.2. The van der Waals surface area contributed by atoms with Crippen LogP contribution in [0.2, 0.25) is 10.0 Å². The number of rotatable bonds is 7. The maximum Gasteiger partial charge on any atom is 0.236 e. The predicted molar refractivity (Wildman–Crippen MR) is 158 cm³/mol. The zero-order valence-corrected chi connectivity index (χ0v) is 24.1. The van der Waals surface area contributed by atoms with Gasteiger partial charge in [-0.05, 0) is 42.3 Å². The molecule has 1 aromatic heterocycles. The average molecular weight is 587 g/mol. The van der Waals surface area contributed by atoms with Crippen LogP contribution in [0.25, 0.3) is 22.2 Å². The van der Waals surface area contributed by atoms with Crippen LogP contribution in [0.15, 0.2) is 66.7 Å². The van der Waals surface area contributed by atoms with Crippen LogP contribution in [-0.4, -0.2) is 62.7 Å². The first kappa shape index (κ1) is 27.4. The Bertz CT molecular complexity index is 1640. The monoisotopic (exact) mass is 585 g/mol. The minimum absolute atomic E-state index is 0.0333. The lowest BCUT2D eigenvalue weighted by atomic mass is 10.0. The molecular formula is C29H29Cl2N3O4S. The van der Waals surface area contributed by atoms with Crippen molar-refractivity contribution >= 4 is 55.7 Å². The Morgan fingerprint density at radius 1 is 0.923 bits per heavy atom. The fourth-order valence-corrected chi connectivity index (χ4v) is 6.65. The Hall–Kier alpha value is -3.20. The van der Waals surface area contributed by atoms with E-state index >= 15 is 0 Å². The lowest BCUT2D eigenvalue weighted by Crippen LogP contribution is -2.48. The number of ether oxygens (including phenoxy) is 1. The van der Waals surface area contributed by atoms with Crippen molar-refractivity contribution in [1.82, 2.24) is 8.87 Å². The molecule has 1 aliphatic heterocycles. The van der Waals surface area contributed by atoms with Crippen LogP contribution >= 0.6 is 23.2 Å². The highest BCUT2D eigenvalue weighted by Crippen LogP contribution is 2.38. The van der Waals surface area contributed by atoms with Gasteiger partial charge in [-0.1, -0.05) is 59.6 Å². The molecule has 0 saturated carbocycles. The summed E-state index contributed by atoms with van der Waals surface area (Å²) in [6.07, 6.45) is 1.81. The van der Waals surface area contributed by atoms with Crippen molar-refractivity contribution in [3.05, 3.63) is 82.3 Å². The van der Waals surface area contributed by atoms with Crippen LogP contribution in [-0.2, 0) is 21.2 Å². The first-order valence-corrected chi connectivity index (χ1v) is 15.2. The number of aromatic nitrogens is 1. The number of piperazine rings is 1. The summed E-state index contributed by atoms with van der Waals surface area (Å²) >= 11 is 12.5.